The molecule has 2 N–H and O–H groups in total. The molecule has 0 unspecified atom stereocenters. The normalized spacial score (nSPS) is 19.6. The fourth-order valence-electron chi connectivity index (χ4n) is 3.56. The quantitative estimate of drug-likeness (QED) is 0.491. The molecule has 1 atom stereocenters. The van der Waals surface area contributed by atoms with Crippen molar-refractivity contribution in [2.24, 2.45) is 0 Å². The molecular formula is C20H33N4OS2+. The van der Waals surface area contributed by atoms with Gasteiger partial charge in [0.05, 0.1) is 43.8 Å². The SMILES string of the molecule is CCSc1nc(NCC[NH+](CC)CC)c2c3c(sc2n1)CO[C@](C)(CC)C3. The van der Waals surface area contributed by atoms with Gasteiger partial charge in [0.2, 0.25) is 0 Å². The van der Waals surface area contributed by atoms with Gasteiger partial charge in [0, 0.05) is 11.3 Å². The highest BCUT2D eigenvalue weighted by Gasteiger charge is 2.33. The lowest BCUT2D eigenvalue weighted by Gasteiger charge is -2.33. The number of hydrogen-bond donors (Lipinski definition) is 2. The monoisotopic (exact) mass is 409 g/mol. The van der Waals surface area contributed by atoms with Crippen LogP contribution in [0.15, 0.2) is 5.16 Å². The fraction of sp³-hybridized carbons (Fsp3) is 0.700. The van der Waals surface area contributed by atoms with E-state index < -0.39 is 0 Å². The second kappa shape index (κ2) is 9.07. The van der Waals surface area contributed by atoms with E-state index in [1.807, 2.05) is 0 Å². The van der Waals surface area contributed by atoms with Crippen LogP contribution in [0.1, 0.15) is 51.5 Å². The maximum absolute atomic E-state index is 6.16. The Labute approximate surface area is 171 Å². The minimum Gasteiger partial charge on any atom is -0.369 e. The van der Waals surface area contributed by atoms with Crippen LogP contribution in [0.25, 0.3) is 10.2 Å². The maximum Gasteiger partial charge on any atom is 0.190 e. The van der Waals surface area contributed by atoms with E-state index in [2.05, 4.69) is 39.9 Å². The molecule has 5 nitrogen and oxygen atoms in total. The Bertz CT molecular complexity index is 775. The fourth-order valence-corrected chi connectivity index (χ4v) is 5.29. The number of anilines is 1. The lowest BCUT2D eigenvalue weighted by atomic mass is 9.90. The summed E-state index contributed by atoms with van der Waals surface area (Å²) in [5, 5.41) is 5.75. The van der Waals surface area contributed by atoms with Gasteiger partial charge in [-0.1, -0.05) is 25.6 Å². The molecular weight excluding hydrogens is 376 g/mol. The zero-order valence-corrected chi connectivity index (χ0v) is 18.9. The van der Waals surface area contributed by atoms with E-state index in [1.54, 1.807) is 28.0 Å². The molecule has 2 aromatic rings. The molecule has 7 heteroatoms. The van der Waals surface area contributed by atoms with Crippen LogP contribution in [-0.2, 0) is 17.8 Å². The predicted molar refractivity (Wildman–Crippen MR) is 116 cm³/mol. The number of hydrogen-bond acceptors (Lipinski definition) is 6. The molecule has 1 aliphatic rings. The van der Waals surface area contributed by atoms with Gasteiger partial charge in [-0.3, -0.25) is 0 Å². The average molecular weight is 410 g/mol. The zero-order chi connectivity index (χ0) is 19.4. The largest absolute Gasteiger partial charge is 0.369 e. The number of nitrogens with one attached hydrogen (secondary N) is 2. The Kier molecular flexibility index (Phi) is 7.00. The van der Waals surface area contributed by atoms with Crippen molar-refractivity contribution in [1.29, 1.82) is 0 Å². The second-order valence-corrected chi connectivity index (χ2v) is 9.69. The first-order chi connectivity index (χ1) is 13.0. The molecule has 3 rings (SSSR count). The molecule has 0 spiro atoms. The van der Waals surface area contributed by atoms with Gasteiger partial charge in [0.25, 0.3) is 0 Å². The Balaban J connectivity index is 1.95. The number of rotatable bonds is 9. The van der Waals surface area contributed by atoms with E-state index in [4.69, 9.17) is 14.7 Å². The molecule has 1 aliphatic heterocycles. The first-order valence-electron chi connectivity index (χ1n) is 10.2. The third-order valence-electron chi connectivity index (χ3n) is 5.61. The van der Waals surface area contributed by atoms with Crippen molar-refractivity contribution in [3.05, 3.63) is 10.4 Å². The van der Waals surface area contributed by atoms with Gasteiger partial charge in [-0.15, -0.1) is 11.3 Å². The molecule has 0 aliphatic carbocycles. The third kappa shape index (κ3) is 4.58. The zero-order valence-electron chi connectivity index (χ0n) is 17.3. The summed E-state index contributed by atoms with van der Waals surface area (Å²) in [5.41, 5.74) is 1.32. The van der Waals surface area contributed by atoms with Crippen molar-refractivity contribution in [3.8, 4) is 0 Å². The van der Waals surface area contributed by atoms with Gasteiger partial charge < -0.3 is 15.0 Å². The topological polar surface area (TPSA) is 51.5 Å². The summed E-state index contributed by atoms with van der Waals surface area (Å²) in [6.45, 7) is 16.1. The molecule has 0 saturated heterocycles. The lowest BCUT2D eigenvalue weighted by Crippen LogP contribution is -3.12. The lowest BCUT2D eigenvalue weighted by molar-refractivity contribution is -0.894. The number of quaternary nitrogens is 1. The van der Waals surface area contributed by atoms with Gasteiger partial charge in [-0.25, -0.2) is 9.97 Å². The number of nitrogens with zero attached hydrogens (tertiary/aromatic N) is 2. The Morgan fingerprint density at radius 2 is 2.00 bits per heavy atom. The second-order valence-electron chi connectivity index (χ2n) is 7.37. The highest BCUT2D eigenvalue weighted by molar-refractivity contribution is 7.99. The van der Waals surface area contributed by atoms with Crippen LogP contribution in [0.4, 0.5) is 5.82 Å². The summed E-state index contributed by atoms with van der Waals surface area (Å²) in [5.74, 6) is 2.00. The standard InChI is InChI=1S/C20H32N4OS2/c1-6-20(5)12-14-15(13-25-20)27-18-16(14)17(22-19(23-18)26-9-4)21-10-11-24(7-2)8-3/h6-13H2,1-5H3,(H,21,22,23)/p+1/t20-/m1/s1. The van der Waals surface area contributed by atoms with Crippen molar-refractivity contribution in [1.82, 2.24) is 9.97 Å². The van der Waals surface area contributed by atoms with E-state index in [-0.39, 0.29) is 5.60 Å². The van der Waals surface area contributed by atoms with Crippen molar-refractivity contribution >= 4 is 39.1 Å². The summed E-state index contributed by atoms with van der Waals surface area (Å²) < 4.78 is 6.16. The predicted octanol–water partition coefficient (Wildman–Crippen LogP) is 3.38. The van der Waals surface area contributed by atoms with Gasteiger partial charge in [0.15, 0.2) is 5.16 Å². The van der Waals surface area contributed by atoms with Gasteiger partial charge in [-0.05, 0) is 38.5 Å². The number of thioether (sulfide) groups is 1. The van der Waals surface area contributed by atoms with E-state index in [9.17, 15) is 0 Å². The molecule has 0 bridgehead atoms. The molecule has 0 radical (unpaired) electrons. The van der Waals surface area contributed by atoms with Crippen molar-refractivity contribution in [2.45, 2.75) is 64.8 Å². The van der Waals surface area contributed by atoms with E-state index in [0.717, 1.165) is 60.6 Å². The Morgan fingerprint density at radius 1 is 1.22 bits per heavy atom. The molecule has 0 amide bonds. The maximum atomic E-state index is 6.16. The minimum absolute atomic E-state index is 0.0829. The summed E-state index contributed by atoms with van der Waals surface area (Å²) in [6.07, 6.45) is 1.96. The first kappa shape index (κ1) is 20.8. The molecule has 0 aromatic carbocycles. The van der Waals surface area contributed by atoms with Crippen LogP contribution in [0.3, 0.4) is 0 Å². The van der Waals surface area contributed by atoms with Crippen LogP contribution in [0.5, 0.6) is 0 Å². The van der Waals surface area contributed by atoms with Crippen LogP contribution in [-0.4, -0.2) is 47.5 Å². The molecule has 3 heterocycles. The van der Waals surface area contributed by atoms with Crippen molar-refractivity contribution in [2.75, 3.05) is 37.2 Å². The van der Waals surface area contributed by atoms with Gasteiger partial charge in [0.1, 0.15) is 10.6 Å². The van der Waals surface area contributed by atoms with E-state index in [1.165, 1.54) is 15.8 Å². The molecule has 0 saturated carbocycles. The highest BCUT2D eigenvalue weighted by Crippen LogP contribution is 2.42. The van der Waals surface area contributed by atoms with Crippen molar-refractivity contribution in [3.63, 3.8) is 0 Å². The first-order valence-corrected chi connectivity index (χ1v) is 12.0. The Morgan fingerprint density at radius 3 is 2.67 bits per heavy atom. The minimum atomic E-state index is -0.0829. The molecule has 27 heavy (non-hydrogen) atoms. The molecule has 2 aromatic heterocycles. The third-order valence-corrected chi connectivity index (χ3v) is 7.44. The number of likely N-dealkylation sites (N-methyl/N-ethyl adjacent to an activating group) is 1. The average Bonchev–Trinajstić information content (AvgIpc) is 3.03. The number of thiophene rings is 1. The Hall–Kier alpha value is -0.890. The van der Waals surface area contributed by atoms with Crippen molar-refractivity contribution < 1.29 is 9.64 Å². The van der Waals surface area contributed by atoms with Gasteiger partial charge >= 0.3 is 0 Å². The molecule has 0 fully saturated rings. The van der Waals surface area contributed by atoms with E-state index in [0.29, 0.717) is 6.61 Å². The molecule has 150 valence electrons. The summed E-state index contributed by atoms with van der Waals surface area (Å²) in [4.78, 5) is 13.8. The smallest absolute Gasteiger partial charge is 0.190 e. The van der Waals surface area contributed by atoms with Gasteiger partial charge in [-0.2, -0.15) is 0 Å². The number of fused-ring (bicyclic) bond motifs is 3. The number of ether oxygens (including phenoxy) is 1. The number of aromatic nitrogens is 2. The summed E-state index contributed by atoms with van der Waals surface area (Å²) >= 11 is 3.49. The van der Waals surface area contributed by atoms with Crippen LogP contribution >= 0.6 is 23.1 Å². The highest BCUT2D eigenvalue weighted by atomic mass is 32.2. The van der Waals surface area contributed by atoms with Crippen LogP contribution in [0.2, 0.25) is 0 Å². The van der Waals surface area contributed by atoms with Crippen LogP contribution in [0, 0.1) is 0 Å². The van der Waals surface area contributed by atoms with Crippen LogP contribution < -0.4 is 10.2 Å². The summed E-state index contributed by atoms with van der Waals surface area (Å²) in [6, 6.07) is 0. The summed E-state index contributed by atoms with van der Waals surface area (Å²) in [7, 11) is 0. The van der Waals surface area contributed by atoms with E-state index >= 15 is 0 Å².